The molecule has 1 unspecified atom stereocenters. The summed E-state index contributed by atoms with van der Waals surface area (Å²) < 4.78 is 0. The second-order valence-electron chi connectivity index (χ2n) is 6.69. The summed E-state index contributed by atoms with van der Waals surface area (Å²) >= 11 is 0. The van der Waals surface area contributed by atoms with E-state index in [2.05, 4.69) is 55.1 Å². The van der Waals surface area contributed by atoms with Gasteiger partial charge in [-0.25, -0.2) is 0 Å². The smallest absolute Gasteiger partial charge is 0.0361 e. The van der Waals surface area contributed by atoms with Gasteiger partial charge in [-0.05, 0) is 56.0 Å². The van der Waals surface area contributed by atoms with Crippen LogP contribution in [0.3, 0.4) is 0 Å². The van der Waals surface area contributed by atoms with Gasteiger partial charge in [-0.1, -0.05) is 38.3 Å². The summed E-state index contributed by atoms with van der Waals surface area (Å²) in [6.45, 7) is 6.16. The van der Waals surface area contributed by atoms with Gasteiger partial charge in [0.1, 0.15) is 0 Å². The second kappa shape index (κ2) is 8.43. The first kappa shape index (κ1) is 16.4. The maximum Gasteiger partial charge on any atom is 0.0361 e. The van der Waals surface area contributed by atoms with E-state index in [0.717, 1.165) is 0 Å². The van der Waals surface area contributed by atoms with E-state index < -0.39 is 0 Å². The highest BCUT2D eigenvalue weighted by Gasteiger charge is 2.17. The summed E-state index contributed by atoms with van der Waals surface area (Å²) in [6, 6.07) is 9.23. The van der Waals surface area contributed by atoms with E-state index in [9.17, 15) is 0 Å². The maximum absolute atomic E-state index is 2.68. The van der Waals surface area contributed by atoms with Crippen molar-refractivity contribution in [3.63, 3.8) is 0 Å². The Balaban J connectivity index is 2.02. The van der Waals surface area contributed by atoms with Crippen LogP contribution in [0, 0.1) is 0 Å². The Labute approximate surface area is 131 Å². The molecule has 1 aliphatic heterocycles. The molecule has 1 aliphatic rings. The van der Waals surface area contributed by atoms with Crippen molar-refractivity contribution in [2.75, 3.05) is 38.6 Å². The van der Waals surface area contributed by atoms with Gasteiger partial charge in [0.05, 0.1) is 0 Å². The van der Waals surface area contributed by atoms with Gasteiger partial charge in [0.15, 0.2) is 0 Å². The normalized spacial score (nSPS) is 17.7. The van der Waals surface area contributed by atoms with Crippen molar-refractivity contribution >= 4 is 5.69 Å². The van der Waals surface area contributed by atoms with Crippen LogP contribution in [0.1, 0.15) is 56.9 Å². The Morgan fingerprint density at radius 3 is 2.29 bits per heavy atom. The summed E-state index contributed by atoms with van der Waals surface area (Å²) in [5.41, 5.74) is 2.82. The van der Waals surface area contributed by atoms with Crippen LogP contribution in [0.2, 0.25) is 0 Å². The first-order valence-electron chi connectivity index (χ1n) is 8.70. The predicted molar refractivity (Wildman–Crippen MR) is 93.3 cm³/mol. The molecule has 1 saturated heterocycles. The van der Waals surface area contributed by atoms with E-state index in [1.54, 1.807) is 0 Å². The Bertz CT molecular complexity index is 391. The molecule has 1 atom stereocenters. The summed E-state index contributed by atoms with van der Waals surface area (Å²) in [5.74, 6) is 0.708. The molecule has 21 heavy (non-hydrogen) atoms. The molecular weight excluding hydrogens is 256 g/mol. The molecule has 0 aromatic heterocycles. The van der Waals surface area contributed by atoms with E-state index in [-0.39, 0.29) is 0 Å². The number of unbranched alkanes of at least 4 members (excludes halogenated alkanes) is 1. The average Bonchev–Trinajstić information content (AvgIpc) is 2.52. The number of likely N-dealkylation sites (tertiary alicyclic amines) is 1. The van der Waals surface area contributed by atoms with E-state index in [1.165, 1.54) is 69.4 Å². The lowest BCUT2D eigenvalue weighted by Crippen LogP contribution is -2.33. The number of nitrogens with zero attached hydrogens (tertiary/aromatic N) is 2. The molecule has 118 valence electrons. The van der Waals surface area contributed by atoms with Gasteiger partial charge >= 0.3 is 0 Å². The number of hydrogen-bond donors (Lipinski definition) is 0. The van der Waals surface area contributed by atoms with Crippen molar-refractivity contribution in [1.82, 2.24) is 4.90 Å². The highest BCUT2D eigenvalue weighted by molar-refractivity contribution is 5.46. The zero-order valence-electron chi connectivity index (χ0n) is 14.1. The molecule has 2 rings (SSSR count). The third kappa shape index (κ3) is 5.03. The van der Waals surface area contributed by atoms with Gasteiger partial charge < -0.3 is 9.80 Å². The molecule has 2 heteroatoms. The average molecular weight is 288 g/mol. The minimum atomic E-state index is 0.708. The Morgan fingerprint density at radius 1 is 1.05 bits per heavy atom. The fourth-order valence-electron chi connectivity index (χ4n) is 3.31. The number of rotatable bonds is 7. The molecule has 2 nitrogen and oxygen atoms in total. The predicted octanol–water partition coefficient (Wildman–Crippen LogP) is 4.51. The number of anilines is 1. The van der Waals surface area contributed by atoms with Crippen molar-refractivity contribution in [3.05, 3.63) is 29.8 Å². The molecule has 1 heterocycles. The maximum atomic E-state index is 2.68. The standard InChI is InChI=1S/C19H32N2/c1-4-5-9-18(16-21-14-7-6-8-15-21)17-10-12-19(13-11-17)20(2)3/h10-13,18H,4-9,14-16H2,1-3H3. The molecule has 0 saturated carbocycles. The van der Waals surface area contributed by atoms with Gasteiger partial charge in [-0.15, -0.1) is 0 Å². The van der Waals surface area contributed by atoms with Crippen LogP contribution in [-0.4, -0.2) is 38.6 Å². The third-order valence-electron chi connectivity index (χ3n) is 4.71. The van der Waals surface area contributed by atoms with Crippen LogP contribution in [0.4, 0.5) is 5.69 Å². The van der Waals surface area contributed by atoms with E-state index >= 15 is 0 Å². The lowest BCUT2D eigenvalue weighted by Gasteiger charge is -2.31. The molecule has 0 amide bonds. The quantitative estimate of drug-likeness (QED) is 0.728. The molecule has 0 radical (unpaired) electrons. The summed E-state index contributed by atoms with van der Waals surface area (Å²) in [5, 5.41) is 0. The van der Waals surface area contributed by atoms with Gasteiger partial charge in [0.25, 0.3) is 0 Å². The molecule has 1 aromatic carbocycles. The molecule has 0 spiro atoms. The molecule has 0 aliphatic carbocycles. The van der Waals surface area contributed by atoms with E-state index in [1.807, 2.05) is 0 Å². The fourth-order valence-corrected chi connectivity index (χ4v) is 3.31. The fraction of sp³-hybridized carbons (Fsp3) is 0.684. The summed E-state index contributed by atoms with van der Waals surface area (Å²) in [4.78, 5) is 4.86. The molecule has 0 N–H and O–H groups in total. The molecule has 1 aromatic rings. The van der Waals surface area contributed by atoms with Crippen molar-refractivity contribution < 1.29 is 0 Å². The largest absolute Gasteiger partial charge is 0.378 e. The lowest BCUT2D eigenvalue weighted by molar-refractivity contribution is 0.211. The third-order valence-corrected chi connectivity index (χ3v) is 4.71. The van der Waals surface area contributed by atoms with Crippen LogP contribution in [0.15, 0.2) is 24.3 Å². The van der Waals surface area contributed by atoms with Crippen LogP contribution < -0.4 is 4.90 Å². The SMILES string of the molecule is CCCCC(CN1CCCCC1)c1ccc(N(C)C)cc1. The van der Waals surface area contributed by atoms with Crippen molar-refractivity contribution in [3.8, 4) is 0 Å². The van der Waals surface area contributed by atoms with Crippen LogP contribution in [0.5, 0.6) is 0 Å². The van der Waals surface area contributed by atoms with Crippen molar-refractivity contribution in [2.45, 2.75) is 51.4 Å². The van der Waals surface area contributed by atoms with Gasteiger partial charge in [0, 0.05) is 26.3 Å². The van der Waals surface area contributed by atoms with Gasteiger partial charge in [0.2, 0.25) is 0 Å². The molecule has 0 bridgehead atoms. The van der Waals surface area contributed by atoms with Gasteiger partial charge in [-0.3, -0.25) is 0 Å². The van der Waals surface area contributed by atoms with Crippen LogP contribution in [0.25, 0.3) is 0 Å². The Morgan fingerprint density at radius 2 is 1.71 bits per heavy atom. The molecular formula is C19H32N2. The van der Waals surface area contributed by atoms with Crippen LogP contribution >= 0.6 is 0 Å². The first-order chi connectivity index (χ1) is 10.2. The monoisotopic (exact) mass is 288 g/mol. The number of hydrogen-bond acceptors (Lipinski definition) is 2. The number of piperidine rings is 1. The van der Waals surface area contributed by atoms with Gasteiger partial charge in [-0.2, -0.15) is 0 Å². The zero-order valence-corrected chi connectivity index (χ0v) is 14.1. The van der Waals surface area contributed by atoms with E-state index in [4.69, 9.17) is 0 Å². The number of benzene rings is 1. The Hall–Kier alpha value is -1.02. The topological polar surface area (TPSA) is 6.48 Å². The highest BCUT2D eigenvalue weighted by atomic mass is 15.1. The molecule has 1 fully saturated rings. The summed E-state index contributed by atoms with van der Waals surface area (Å²) in [7, 11) is 4.22. The minimum absolute atomic E-state index is 0.708. The zero-order chi connectivity index (χ0) is 15.1. The minimum Gasteiger partial charge on any atom is -0.378 e. The van der Waals surface area contributed by atoms with Crippen LogP contribution in [-0.2, 0) is 0 Å². The van der Waals surface area contributed by atoms with E-state index in [0.29, 0.717) is 5.92 Å². The lowest BCUT2D eigenvalue weighted by atomic mass is 9.92. The second-order valence-corrected chi connectivity index (χ2v) is 6.69. The highest BCUT2D eigenvalue weighted by Crippen LogP contribution is 2.26. The first-order valence-corrected chi connectivity index (χ1v) is 8.70. The van der Waals surface area contributed by atoms with Crippen molar-refractivity contribution in [1.29, 1.82) is 0 Å². The summed E-state index contributed by atoms with van der Waals surface area (Å²) in [6.07, 6.45) is 8.17. The Kier molecular flexibility index (Phi) is 6.56. The van der Waals surface area contributed by atoms with Crippen molar-refractivity contribution in [2.24, 2.45) is 0 Å².